The number of nitrogens with zero attached hydrogens (tertiary/aromatic N) is 6. The van der Waals surface area contributed by atoms with E-state index in [1.807, 2.05) is 18.2 Å². The first-order valence-corrected chi connectivity index (χ1v) is 8.85. The number of nitriles is 1. The van der Waals surface area contributed by atoms with Crippen LogP contribution in [-0.4, -0.2) is 30.9 Å². The van der Waals surface area contributed by atoms with Crippen LogP contribution in [0.2, 0.25) is 0 Å². The summed E-state index contributed by atoms with van der Waals surface area (Å²) in [6.07, 6.45) is 5.03. The summed E-state index contributed by atoms with van der Waals surface area (Å²) < 4.78 is 1.50. The lowest BCUT2D eigenvalue weighted by Gasteiger charge is -2.12. The Morgan fingerprint density at radius 2 is 2.00 bits per heavy atom. The van der Waals surface area contributed by atoms with Crippen LogP contribution in [0, 0.1) is 11.3 Å². The lowest BCUT2D eigenvalue weighted by Crippen LogP contribution is -2.21. The van der Waals surface area contributed by atoms with Crippen LogP contribution < -0.4 is 16.6 Å². The van der Waals surface area contributed by atoms with E-state index in [4.69, 9.17) is 5.73 Å². The quantitative estimate of drug-likeness (QED) is 0.530. The molecule has 0 aliphatic rings. The molecule has 0 saturated heterocycles. The van der Waals surface area contributed by atoms with Gasteiger partial charge in [-0.3, -0.25) is 14.2 Å². The average Bonchev–Trinajstić information content (AvgIpc) is 2.75. The monoisotopic (exact) mass is 384 g/mol. The fraction of sp³-hybridized carbons (Fsp3) is 0.100. The van der Waals surface area contributed by atoms with E-state index in [0.29, 0.717) is 41.4 Å². The lowest BCUT2D eigenvalue weighted by molar-refractivity contribution is 0.922. The maximum absolute atomic E-state index is 13.1. The van der Waals surface area contributed by atoms with Crippen LogP contribution in [0.5, 0.6) is 0 Å². The topological polar surface area (TPSA) is 135 Å². The van der Waals surface area contributed by atoms with Gasteiger partial charge in [0.05, 0.1) is 17.0 Å². The molecule has 29 heavy (non-hydrogen) atoms. The molecule has 3 N–H and O–H groups in total. The van der Waals surface area contributed by atoms with E-state index >= 15 is 0 Å². The van der Waals surface area contributed by atoms with Gasteiger partial charge in [0.25, 0.3) is 5.56 Å². The number of fused-ring (bicyclic) bond motifs is 1. The molecule has 4 rings (SSSR count). The SMILES string of the molecule is N#Cc1c(N)ncnc1NCCc1nc2ccccn2c(=O)c1-c1ccccn1. The van der Waals surface area contributed by atoms with Crippen molar-refractivity contribution in [1.29, 1.82) is 5.26 Å². The largest absolute Gasteiger partial charge is 0.382 e. The highest BCUT2D eigenvalue weighted by Crippen LogP contribution is 2.19. The van der Waals surface area contributed by atoms with Gasteiger partial charge in [-0.1, -0.05) is 12.1 Å². The summed E-state index contributed by atoms with van der Waals surface area (Å²) in [6.45, 7) is 0.389. The molecular formula is C20H16N8O. The third-order valence-electron chi connectivity index (χ3n) is 4.37. The maximum Gasteiger partial charge on any atom is 0.267 e. The molecule has 4 aromatic rings. The number of nitrogens with one attached hydrogen (secondary N) is 1. The van der Waals surface area contributed by atoms with Crippen LogP contribution in [-0.2, 0) is 6.42 Å². The molecule has 0 aliphatic carbocycles. The van der Waals surface area contributed by atoms with E-state index < -0.39 is 0 Å². The Bertz CT molecular complexity index is 1280. The van der Waals surface area contributed by atoms with Crippen molar-refractivity contribution in [2.45, 2.75) is 6.42 Å². The van der Waals surface area contributed by atoms with Crippen molar-refractivity contribution >= 4 is 17.3 Å². The lowest BCUT2D eigenvalue weighted by atomic mass is 10.1. The van der Waals surface area contributed by atoms with E-state index in [0.717, 1.165) is 0 Å². The molecule has 142 valence electrons. The van der Waals surface area contributed by atoms with Crippen molar-refractivity contribution < 1.29 is 0 Å². The van der Waals surface area contributed by atoms with E-state index in [-0.39, 0.29) is 16.9 Å². The number of aromatic nitrogens is 5. The summed E-state index contributed by atoms with van der Waals surface area (Å²) in [6, 6.07) is 12.8. The number of anilines is 2. The number of hydrogen-bond donors (Lipinski definition) is 2. The highest BCUT2D eigenvalue weighted by Gasteiger charge is 2.16. The Balaban J connectivity index is 1.71. The summed E-state index contributed by atoms with van der Waals surface area (Å²) in [4.78, 5) is 30.0. The van der Waals surface area contributed by atoms with Crippen molar-refractivity contribution in [3.8, 4) is 17.3 Å². The predicted octanol–water partition coefficient (Wildman–Crippen LogP) is 1.65. The van der Waals surface area contributed by atoms with Crippen LogP contribution in [0.4, 0.5) is 11.6 Å². The van der Waals surface area contributed by atoms with Gasteiger partial charge in [-0.2, -0.15) is 5.26 Å². The van der Waals surface area contributed by atoms with Crippen LogP contribution >= 0.6 is 0 Å². The first-order valence-electron chi connectivity index (χ1n) is 8.85. The van der Waals surface area contributed by atoms with Gasteiger partial charge in [-0.15, -0.1) is 0 Å². The molecule has 9 nitrogen and oxygen atoms in total. The van der Waals surface area contributed by atoms with Gasteiger partial charge in [0.1, 0.15) is 35.2 Å². The predicted molar refractivity (Wildman–Crippen MR) is 108 cm³/mol. The molecule has 0 amide bonds. The molecule has 4 heterocycles. The summed E-state index contributed by atoms with van der Waals surface area (Å²) in [7, 11) is 0. The van der Waals surface area contributed by atoms with Crippen LogP contribution in [0.1, 0.15) is 11.3 Å². The first-order chi connectivity index (χ1) is 14.2. The van der Waals surface area contributed by atoms with Crippen LogP contribution in [0.25, 0.3) is 16.9 Å². The van der Waals surface area contributed by atoms with Gasteiger partial charge >= 0.3 is 0 Å². The minimum absolute atomic E-state index is 0.112. The Morgan fingerprint density at radius 3 is 2.79 bits per heavy atom. The van der Waals surface area contributed by atoms with Crippen molar-refractivity contribution in [2.75, 3.05) is 17.6 Å². The minimum Gasteiger partial charge on any atom is -0.382 e. The Morgan fingerprint density at radius 1 is 1.14 bits per heavy atom. The molecule has 9 heteroatoms. The molecule has 0 saturated carbocycles. The summed E-state index contributed by atoms with van der Waals surface area (Å²) in [5, 5.41) is 12.3. The highest BCUT2D eigenvalue weighted by molar-refractivity contribution is 5.64. The van der Waals surface area contributed by atoms with Crippen molar-refractivity contribution in [2.24, 2.45) is 0 Å². The number of hydrogen-bond acceptors (Lipinski definition) is 8. The normalized spacial score (nSPS) is 10.6. The fourth-order valence-corrected chi connectivity index (χ4v) is 3.03. The molecule has 0 unspecified atom stereocenters. The zero-order chi connectivity index (χ0) is 20.2. The van der Waals surface area contributed by atoms with Gasteiger partial charge < -0.3 is 11.1 Å². The Labute approximate surface area is 165 Å². The molecule has 4 aromatic heterocycles. The van der Waals surface area contributed by atoms with Crippen molar-refractivity contribution in [3.05, 3.63) is 76.7 Å². The van der Waals surface area contributed by atoms with Crippen LogP contribution in [0.3, 0.4) is 0 Å². The molecular weight excluding hydrogens is 368 g/mol. The van der Waals surface area contributed by atoms with Crippen LogP contribution in [0.15, 0.2) is 59.9 Å². The smallest absolute Gasteiger partial charge is 0.267 e. The standard InChI is InChI=1S/C20H16N8O/c21-11-13-18(22)25-12-26-19(13)24-9-7-15-17(14-5-1-3-8-23-14)20(29)28-10-4-2-6-16(28)27-15/h1-6,8,10,12H,7,9H2,(H3,22,24,25,26). The molecule has 0 atom stereocenters. The van der Waals surface area contributed by atoms with Gasteiger partial charge in [0, 0.05) is 25.4 Å². The Kier molecular flexibility index (Phi) is 4.82. The Hall–Kier alpha value is -4.32. The number of nitrogen functional groups attached to an aromatic ring is 1. The van der Waals surface area contributed by atoms with Gasteiger partial charge in [0.2, 0.25) is 0 Å². The highest BCUT2D eigenvalue weighted by atomic mass is 16.1. The van der Waals surface area contributed by atoms with E-state index in [1.54, 1.807) is 36.7 Å². The van der Waals surface area contributed by atoms with E-state index in [2.05, 4.69) is 25.3 Å². The maximum atomic E-state index is 13.1. The second-order valence-electron chi connectivity index (χ2n) is 6.15. The number of pyridine rings is 2. The second-order valence-corrected chi connectivity index (χ2v) is 6.15. The van der Waals surface area contributed by atoms with E-state index in [1.165, 1.54) is 10.7 Å². The zero-order valence-electron chi connectivity index (χ0n) is 15.3. The van der Waals surface area contributed by atoms with Gasteiger partial charge in [0.15, 0.2) is 0 Å². The molecule has 0 radical (unpaired) electrons. The molecule has 0 aromatic carbocycles. The summed E-state index contributed by atoms with van der Waals surface area (Å²) in [5.41, 5.74) is 7.87. The van der Waals surface area contributed by atoms with Gasteiger partial charge in [-0.25, -0.2) is 15.0 Å². The third kappa shape index (κ3) is 3.46. The number of rotatable bonds is 5. The minimum atomic E-state index is -0.187. The fourth-order valence-electron chi connectivity index (χ4n) is 3.03. The van der Waals surface area contributed by atoms with Crippen molar-refractivity contribution in [1.82, 2.24) is 24.3 Å². The third-order valence-corrected chi connectivity index (χ3v) is 4.37. The second kappa shape index (κ2) is 7.74. The zero-order valence-corrected chi connectivity index (χ0v) is 15.3. The summed E-state index contributed by atoms with van der Waals surface area (Å²) in [5.74, 6) is 0.457. The molecule has 0 fully saturated rings. The first kappa shape index (κ1) is 18.1. The van der Waals surface area contributed by atoms with Gasteiger partial charge in [-0.05, 0) is 24.3 Å². The molecule has 0 bridgehead atoms. The summed E-state index contributed by atoms with van der Waals surface area (Å²) >= 11 is 0. The average molecular weight is 384 g/mol. The molecule has 0 aliphatic heterocycles. The molecule has 0 spiro atoms. The van der Waals surface area contributed by atoms with E-state index in [9.17, 15) is 10.1 Å². The van der Waals surface area contributed by atoms with Crippen molar-refractivity contribution in [3.63, 3.8) is 0 Å². The number of nitrogens with two attached hydrogens (primary N) is 1.